The van der Waals surface area contributed by atoms with Crippen LogP contribution in [0, 0.1) is 5.41 Å². The number of methoxy groups -OCH3 is 1. The number of nitrogens with one attached hydrogen (secondary N) is 1. The number of hydrogen-bond donors (Lipinski definition) is 1. The summed E-state index contributed by atoms with van der Waals surface area (Å²) >= 11 is 0. The van der Waals surface area contributed by atoms with Crippen LogP contribution in [0.2, 0.25) is 0 Å². The molecule has 0 spiro atoms. The second-order valence-corrected chi connectivity index (χ2v) is 5.42. The molecule has 0 aliphatic carbocycles. The van der Waals surface area contributed by atoms with Crippen LogP contribution in [0.3, 0.4) is 0 Å². The zero-order chi connectivity index (χ0) is 12.7. The number of aliphatic imine (C=N–C) groups is 1. The van der Waals surface area contributed by atoms with Gasteiger partial charge in [-0.15, -0.1) is 24.0 Å². The fourth-order valence-electron chi connectivity index (χ4n) is 2.11. The van der Waals surface area contributed by atoms with Crippen LogP contribution in [0.5, 0.6) is 0 Å². The Balaban J connectivity index is 0.00000289. The van der Waals surface area contributed by atoms with Crippen molar-refractivity contribution in [2.45, 2.75) is 33.6 Å². The summed E-state index contributed by atoms with van der Waals surface area (Å²) in [5.74, 6) is 1.06. The maximum Gasteiger partial charge on any atom is 0.193 e. The molecule has 18 heavy (non-hydrogen) atoms. The van der Waals surface area contributed by atoms with Crippen molar-refractivity contribution < 1.29 is 4.74 Å². The summed E-state index contributed by atoms with van der Waals surface area (Å²) in [6.07, 6.45) is 2.23. The normalized spacial score (nSPS) is 18.7. The molecule has 0 aromatic heterocycles. The van der Waals surface area contributed by atoms with Gasteiger partial charge < -0.3 is 15.0 Å². The minimum Gasteiger partial charge on any atom is -0.385 e. The van der Waals surface area contributed by atoms with Crippen LogP contribution in [-0.4, -0.2) is 50.8 Å². The van der Waals surface area contributed by atoms with Crippen LogP contribution < -0.4 is 5.32 Å². The number of ether oxygens (including phenoxy) is 1. The Bertz CT molecular complexity index is 257. The van der Waals surface area contributed by atoms with E-state index in [9.17, 15) is 0 Å². The Morgan fingerprint density at radius 2 is 2.17 bits per heavy atom. The van der Waals surface area contributed by atoms with Crippen molar-refractivity contribution in [3.63, 3.8) is 0 Å². The van der Waals surface area contributed by atoms with Crippen molar-refractivity contribution in [1.82, 2.24) is 10.2 Å². The topological polar surface area (TPSA) is 36.9 Å². The van der Waals surface area contributed by atoms with Gasteiger partial charge in [-0.25, -0.2) is 0 Å². The van der Waals surface area contributed by atoms with E-state index in [2.05, 4.69) is 36.0 Å². The minimum absolute atomic E-state index is 0. The van der Waals surface area contributed by atoms with Crippen LogP contribution >= 0.6 is 24.0 Å². The fraction of sp³-hybridized carbons (Fsp3) is 0.923. The molecule has 5 heteroatoms. The molecule has 0 radical (unpaired) electrons. The molecule has 0 unspecified atom stereocenters. The number of halogens is 1. The van der Waals surface area contributed by atoms with Crippen molar-refractivity contribution in [1.29, 1.82) is 0 Å². The predicted octanol–water partition coefficient (Wildman–Crippen LogP) is 2.34. The van der Waals surface area contributed by atoms with Gasteiger partial charge in [0, 0.05) is 39.9 Å². The smallest absolute Gasteiger partial charge is 0.193 e. The Kier molecular flexibility index (Phi) is 8.94. The number of rotatable bonds is 5. The Hall–Kier alpha value is -0.0400. The molecule has 0 aromatic rings. The highest BCUT2D eigenvalue weighted by Gasteiger charge is 2.30. The molecule has 1 N–H and O–H groups in total. The van der Waals surface area contributed by atoms with E-state index in [4.69, 9.17) is 4.74 Å². The quantitative estimate of drug-likeness (QED) is 0.350. The van der Waals surface area contributed by atoms with Crippen molar-refractivity contribution >= 4 is 29.9 Å². The molecular weight excluding hydrogens is 341 g/mol. The summed E-state index contributed by atoms with van der Waals surface area (Å²) in [5, 5.41) is 3.37. The van der Waals surface area contributed by atoms with Gasteiger partial charge in [0.25, 0.3) is 0 Å². The number of guanidine groups is 1. The van der Waals surface area contributed by atoms with Gasteiger partial charge in [-0.1, -0.05) is 13.8 Å². The minimum atomic E-state index is 0. The molecule has 1 aliphatic heterocycles. The van der Waals surface area contributed by atoms with E-state index < -0.39 is 0 Å². The van der Waals surface area contributed by atoms with Gasteiger partial charge in [-0.05, 0) is 25.2 Å². The van der Waals surface area contributed by atoms with E-state index in [-0.39, 0.29) is 24.0 Å². The second kappa shape index (κ2) is 8.96. The maximum atomic E-state index is 5.04. The highest BCUT2D eigenvalue weighted by atomic mass is 127. The zero-order valence-corrected chi connectivity index (χ0v) is 14.5. The first-order valence-electron chi connectivity index (χ1n) is 6.61. The largest absolute Gasteiger partial charge is 0.385 e. The highest BCUT2D eigenvalue weighted by Crippen LogP contribution is 2.28. The molecule has 108 valence electrons. The van der Waals surface area contributed by atoms with Gasteiger partial charge in [0.2, 0.25) is 0 Å². The van der Waals surface area contributed by atoms with Gasteiger partial charge in [-0.3, -0.25) is 4.99 Å². The van der Waals surface area contributed by atoms with E-state index in [1.165, 1.54) is 6.42 Å². The first-order valence-corrected chi connectivity index (χ1v) is 6.61. The Morgan fingerprint density at radius 3 is 2.67 bits per heavy atom. The monoisotopic (exact) mass is 369 g/mol. The summed E-state index contributed by atoms with van der Waals surface area (Å²) < 4.78 is 5.04. The third-order valence-corrected chi connectivity index (χ3v) is 3.08. The highest BCUT2D eigenvalue weighted by molar-refractivity contribution is 14.0. The maximum absolute atomic E-state index is 5.04. The number of nitrogens with zero attached hydrogens (tertiary/aromatic N) is 2. The van der Waals surface area contributed by atoms with Crippen LogP contribution in [0.25, 0.3) is 0 Å². The number of likely N-dealkylation sites (tertiary alicyclic amines) is 1. The van der Waals surface area contributed by atoms with Gasteiger partial charge >= 0.3 is 0 Å². The fourth-order valence-corrected chi connectivity index (χ4v) is 2.11. The SMILES string of the molecule is CCNC(=NCCCOC)N1CCC(C)(C)C1.I. The lowest BCUT2D eigenvalue weighted by Crippen LogP contribution is -2.40. The van der Waals surface area contributed by atoms with E-state index in [1.807, 2.05) is 0 Å². The van der Waals surface area contributed by atoms with E-state index in [0.717, 1.165) is 45.2 Å². The molecule has 0 bridgehead atoms. The molecule has 0 aromatic carbocycles. The lowest BCUT2D eigenvalue weighted by Gasteiger charge is -2.23. The van der Waals surface area contributed by atoms with E-state index in [0.29, 0.717) is 5.41 Å². The summed E-state index contributed by atoms with van der Waals surface area (Å²) in [6.45, 7) is 11.5. The molecule has 1 heterocycles. The second-order valence-electron chi connectivity index (χ2n) is 5.42. The molecule has 1 rings (SSSR count). The molecule has 4 nitrogen and oxygen atoms in total. The Morgan fingerprint density at radius 1 is 1.44 bits per heavy atom. The average Bonchev–Trinajstić information content (AvgIpc) is 2.63. The van der Waals surface area contributed by atoms with Crippen molar-refractivity contribution in [2.75, 3.05) is 39.9 Å². The van der Waals surface area contributed by atoms with E-state index >= 15 is 0 Å². The van der Waals surface area contributed by atoms with Gasteiger partial charge in [0.05, 0.1) is 0 Å². The van der Waals surface area contributed by atoms with Gasteiger partial charge in [0.15, 0.2) is 5.96 Å². The molecule has 1 saturated heterocycles. The third-order valence-electron chi connectivity index (χ3n) is 3.08. The average molecular weight is 369 g/mol. The Labute approximate surface area is 129 Å². The summed E-state index contributed by atoms with van der Waals surface area (Å²) in [5.41, 5.74) is 0.419. The summed E-state index contributed by atoms with van der Waals surface area (Å²) in [7, 11) is 1.73. The first-order chi connectivity index (χ1) is 8.09. The molecular formula is C13H28IN3O. The standard InChI is InChI=1S/C13H27N3O.HI/c1-5-14-12(15-8-6-10-17-4)16-9-7-13(2,3)11-16;/h5-11H2,1-4H3,(H,14,15);1H. The predicted molar refractivity (Wildman–Crippen MR) is 87.9 cm³/mol. The summed E-state index contributed by atoms with van der Waals surface area (Å²) in [6, 6.07) is 0. The third kappa shape index (κ3) is 6.22. The first kappa shape index (κ1) is 18.0. The van der Waals surface area contributed by atoms with Crippen molar-refractivity contribution in [3.05, 3.63) is 0 Å². The van der Waals surface area contributed by atoms with Crippen LogP contribution in [0.1, 0.15) is 33.6 Å². The lowest BCUT2D eigenvalue weighted by molar-refractivity contribution is 0.197. The van der Waals surface area contributed by atoms with E-state index in [1.54, 1.807) is 7.11 Å². The molecule has 1 aliphatic rings. The van der Waals surface area contributed by atoms with Crippen molar-refractivity contribution in [3.8, 4) is 0 Å². The summed E-state index contributed by atoms with van der Waals surface area (Å²) in [4.78, 5) is 7.02. The molecule has 0 atom stereocenters. The van der Waals surface area contributed by atoms with Crippen LogP contribution in [-0.2, 0) is 4.74 Å². The number of hydrogen-bond acceptors (Lipinski definition) is 2. The zero-order valence-electron chi connectivity index (χ0n) is 12.2. The lowest BCUT2D eigenvalue weighted by atomic mass is 9.93. The van der Waals surface area contributed by atoms with Gasteiger partial charge in [-0.2, -0.15) is 0 Å². The van der Waals surface area contributed by atoms with Crippen molar-refractivity contribution in [2.24, 2.45) is 10.4 Å². The molecule has 0 amide bonds. The van der Waals surface area contributed by atoms with Crippen LogP contribution in [0.15, 0.2) is 4.99 Å². The molecule has 0 saturated carbocycles. The van der Waals surface area contributed by atoms with Gasteiger partial charge in [0.1, 0.15) is 0 Å². The molecule has 1 fully saturated rings. The van der Waals surface area contributed by atoms with Crippen LogP contribution in [0.4, 0.5) is 0 Å².